The Bertz CT molecular complexity index is 492. The van der Waals surface area contributed by atoms with E-state index in [4.69, 9.17) is 0 Å². The molecule has 16 heavy (non-hydrogen) atoms. The molecule has 5 heteroatoms. The molecule has 1 aromatic carbocycles. The van der Waals surface area contributed by atoms with Crippen molar-refractivity contribution in [3.8, 4) is 0 Å². The van der Waals surface area contributed by atoms with E-state index in [1.165, 1.54) is 5.56 Å². The number of rotatable bonds is 3. The first kappa shape index (κ1) is 11.1. The number of benzene rings is 1. The van der Waals surface area contributed by atoms with Gasteiger partial charge in [-0.25, -0.2) is 4.98 Å². The minimum atomic E-state index is 0.678. The van der Waals surface area contributed by atoms with Gasteiger partial charge < -0.3 is 5.32 Å². The van der Waals surface area contributed by atoms with Crippen molar-refractivity contribution in [1.29, 1.82) is 0 Å². The minimum Gasteiger partial charge on any atom is -0.378 e. The van der Waals surface area contributed by atoms with E-state index in [2.05, 4.69) is 44.3 Å². The third-order valence-corrected chi connectivity index (χ3v) is 3.30. The van der Waals surface area contributed by atoms with E-state index in [1.807, 2.05) is 19.2 Å². The first-order chi connectivity index (χ1) is 7.66. The number of aryl methyl sites for hydroxylation is 2. The lowest BCUT2D eigenvalue weighted by molar-refractivity contribution is 0.712. The molecule has 0 amide bonds. The molecule has 1 aromatic heterocycles. The van der Waals surface area contributed by atoms with Crippen LogP contribution in [-0.2, 0) is 13.6 Å². The van der Waals surface area contributed by atoms with Gasteiger partial charge in [0, 0.05) is 17.2 Å². The number of nitrogens with one attached hydrogen (secondary N) is 1. The molecule has 0 saturated carbocycles. The zero-order chi connectivity index (χ0) is 11.5. The highest BCUT2D eigenvalue weighted by Crippen LogP contribution is 2.20. The molecule has 0 unspecified atom stereocenters. The quantitative estimate of drug-likeness (QED) is 0.940. The molecule has 1 N–H and O–H groups in total. The van der Waals surface area contributed by atoms with Crippen LogP contribution in [0.4, 0.5) is 5.69 Å². The van der Waals surface area contributed by atoms with Gasteiger partial charge in [-0.3, -0.25) is 4.68 Å². The maximum atomic E-state index is 4.15. The Balaban J connectivity index is 2.05. The van der Waals surface area contributed by atoms with Crippen LogP contribution in [0.2, 0.25) is 0 Å². The molecule has 2 aromatic rings. The smallest absolute Gasteiger partial charge is 0.145 e. The molecule has 4 nitrogen and oxygen atoms in total. The lowest BCUT2D eigenvalue weighted by Crippen LogP contribution is -2.06. The summed E-state index contributed by atoms with van der Waals surface area (Å²) in [6.45, 7) is 2.75. The highest BCUT2D eigenvalue weighted by Gasteiger charge is 2.01. The Morgan fingerprint density at radius 3 is 2.88 bits per heavy atom. The second-order valence-electron chi connectivity index (χ2n) is 3.62. The largest absolute Gasteiger partial charge is 0.378 e. The molecule has 1 heterocycles. The summed E-state index contributed by atoms with van der Waals surface area (Å²) in [6, 6.07) is 6.17. The normalized spacial score (nSPS) is 10.4. The van der Waals surface area contributed by atoms with Crippen molar-refractivity contribution >= 4 is 21.6 Å². The summed E-state index contributed by atoms with van der Waals surface area (Å²) in [5, 5.41) is 7.33. The van der Waals surface area contributed by atoms with Crippen molar-refractivity contribution in [1.82, 2.24) is 14.8 Å². The fourth-order valence-electron chi connectivity index (χ4n) is 1.42. The molecule has 2 rings (SSSR count). The third kappa shape index (κ3) is 2.41. The van der Waals surface area contributed by atoms with Gasteiger partial charge in [-0.2, -0.15) is 5.10 Å². The van der Waals surface area contributed by atoms with Crippen molar-refractivity contribution in [2.75, 3.05) is 5.32 Å². The van der Waals surface area contributed by atoms with Crippen molar-refractivity contribution in [3.05, 3.63) is 40.4 Å². The highest BCUT2D eigenvalue weighted by atomic mass is 79.9. The van der Waals surface area contributed by atoms with Crippen molar-refractivity contribution in [3.63, 3.8) is 0 Å². The zero-order valence-electron chi connectivity index (χ0n) is 9.24. The molecule has 84 valence electrons. The molecule has 0 fully saturated rings. The van der Waals surface area contributed by atoms with E-state index in [0.717, 1.165) is 16.0 Å². The summed E-state index contributed by atoms with van der Waals surface area (Å²) in [5.74, 6) is 0.917. The van der Waals surface area contributed by atoms with Crippen LogP contribution < -0.4 is 5.32 Å². The molecule has 0 spiro atoms. The maximum Gasteiger partial charge on any atom is 0.145 e. The van der Waals surface area contributed by atoms with E-state index in [-0.39, 0.29) is 0 Å². The van der Waals surface area contributed by atoms with E-state index < -0.39 is 0 Å². The van der Waals surface area contributed by atoms with E-state index in [9.17, 15) is 0 Å². The third-order valence-electron chi connectivity index (χ3n) is 2.41. The number of halogens is 1. The predicted molar refractivity (Wildman–Crippen MR) is 67.2 cm³/mol. The van der Waals surface area contributed by atoms with Crippen molar-refractivity contribution in [2.24, 2.45) is 7.05 Å². The van der Waals surface area contributed by atoms with Gasteiger partial charge in [0.25, 0.3) is 0 Å². The molecular formula is C11H13BrN4. The Labute approximate surface area is 103 Å². The molecule has 0 bridgehead atoms. The molecule has 0 radical (unpaired) electrons. The second kappa shape index (κ2) is 4.65. The molecule has 0 atom stereocenters. The van der Waals surface area contributed by atoms with Gasteiger partial charge in [-0.15, -0.1) is 0 Å². The summed E-state index contributed by atoms with van der Waals surface area (Å²) in [7, 11) is 1.89. The average molecular weight is 281 g/mol. The standard InChI is InChI=1S/C11H13BrN4/c1-8-5-9(3-4-10(8)12)13-6-11-14-7-15-16(11)2/h3-5,7,13H,6H2,1-2H3. The summed E-state index contributed by atoms with van der Waals surface area (Å²) in [5.41, 5.74) is 2.30. The monoisotopic (exact) mass is 280 g/mol. The summed E-state index contributed by atoms with van der Waals surface area (Å²) < 4.78 is 2.88. The first-order valence-corrected chi connectivity index (χ1v) is 5.79. The molecular weight excluding hydrogens is 268 g/mol. The molecule has 0 saturated heterocycles. The van der Waals surface area contributed by atoms with Gasteiger partial charge >= 0.3 is 0 Å². The van der Waals surface area contributed by atoms with E-state index in [0.29, 0.717) is 6.54 Å². The first-order valence-electron chi connectivity index (χ1n) is 4.99. The second-order valence-corrected chi connectivity index (χ2v) is 4.47. The van der Waals surface area contributed by atoms with Gasteiger partial charge in [0.15, 0.2) is 0 Å². The maximum absolute atomic E-state index is 4.15. The van der Waals surface area contributed by atoms with E-state index in [1.54, 1.807) is 11.0 Å². The fraction of sp³-hybridized carbons (Fsp3) is 0.273. The highest BCUT2D eigenvalue weighted by molar-refractivity contribution is 9.10. The van der Waals surface area contributed by atoms with Gasteiger partial charge in [-0.1, -0.05) is 15.9 Å². The predicted octanol–water partition coefficient (Wildman–Crippen LogP) is 2.50. The Morgan fingerprint density at radius 1 is 1.44 bits per heavy atom. The number of hydrogen-bond donors (Lipinski definition) is 1. The summed E-state index contributed by atoms with van der Waals surface area (Å²) in [4.78, 5) is 4.15. The van der Waals surface area contributed by atoms with Gasteiger partial charge in [0.1, 0.15) is 12.2 Å². The van der Waals surface area contributed by atoms with Crippen LogP contribution >= 0.6 is 15.9 Å². The lowest BCUT2D eigenvalue weighted by Gasteiger charge is -2.07. The molecule has 0 aliphatic carbocycles. The van der Waals surface area contributed by atoms with Crippen LogP contribution in [0, 0.1) is 6.92 Å². The van der Waals surface area contributed by atoms with E-state index >= 15 is 0 Å². The zero-order valence-corrected chi connectivity index (χ0v) is 10.8. The SMILES string of the molecule is Cc1cc(NCc2ncnn2C)ccc1Br. The summed E-state index contributed by atoms with van der Waals surface area (Å²) >= 11 is 3.48. The van der Waals surface area contributed by atoms with Crippen molar-refractivity contribution < 1.29 is 0 Å². The Morgan fingerprint density at radius 2 is 2.25 bits per heavy atom. The van der Waals surface area contributed by atoms with Crippen LogP contribution in [-0.4, -0.2) is 14.8 Å². The average Bonchev–Trinajstić information content (AvgIpc) is 2.66. The van der Waals surface area contributed by atoms with Crippen LogP contribution in [0.3, 0.4) is 0 Å². The Kier molecular flexibility index (Phi) is 3.24. The number of anilines is 1. The number of aromatic nitrogens is 3. The summed E-state index contributed by atoms with van der Waals surface area (Å²) in [6.07, 6.45) is 1.56. The fourth-order valence-corrected chi connectivity index (χ4v) is 1.66. The van der Waals surface area contributed by atoms with Crippen LogP contribution in [0.25, 0.3) is 0 Å². The van der Waals surface area contributed by atoms with Crippen LogP contribution in [0.5, 0.6) is 0 Å². The van der Waals surface area contributed by atoms with Gasteiger partial charge in [0.05, 0.1) is 6.54 Å². The number of nitrogens with zero attached hydrogens (tertiary/aromatic N) is 3. The van der Waals surface area contributed by atoms with Gasteiger partial charge in [0.2, 0.25) is 0 Å². The topological polar surface area (TPSA) is 42.7 Å². The van der Waals surface area contributed by atoms with Crippen LogP contribution in [0.1, 0.15) is 11.4 Å². The molecule has 0 aliphatic heterocycles. The van der Waals surface area contributed by atoms with Crippen molar-refractivity contribution in [2.45, 2.75) is 13.5 Å². The molecule has 0 aliphatic rings. The Hall–Kier alpha value is -1.36. The minimum absolute atomic E-state index is 0.678. The van der Waals surface area contributed by atoms with Crippen LogP contribution in [0.15, 0.2) is 29.0 Å². The number of hydrogen-bond acceptors (Lipinski definition) is 3. The lowest BCUT2D eigenvalue weighted by atomic mass is 10.2. The van der Waals surface area contributed by atoms with Gasteiger partial charge in [-0.05, 0) is 30.7 Å².